The van der Waals surface area contributed by atoms with Crippen molar-refractivity contribution in [1.29, 1.82) is 0 Å². The summed E-state index contributed by atoms with van der Waals surface area (Å²) >= 11 is 0. The third-order valence-electron chi connectivity index (χ3n) is 4.10. The van der Waals surface area contributed by atoms with Gasteiger partial charge in [-0.1, -0.05) is 12.1 Å². The van der Waals surface area contributed by atoms with Gasteiger partial charge in [-0.25, -0.2) is 17.6 Å². The molecule has 0 aliphatic heterocycles. The van der Waals surface area contributed by atoms with Gasteiger partial charge in [0.2, 0.25) is 0 Å². The lowest BCUT2D eigenvalue weighted by Crippen LogP contribution is -2.03. The van der Waals surface area contributed by atoms with E-state index in [4.69, 9.17) is 4.74 Å². The predicted molar refractivity (Wildman–Crippen MR) is 93.1 cm³/mol. The first-order chi connectivity index (χ1) is 12.5. The van der Waals surface area contributed by atoms with Gasteiger partial charge < -0.3 is 4.74 Å². The molecule has 0 saturated heterocycles. The maximum atomic E-state index is 14.2. The van der Waals surface area contributed by atoms with Crippen LogP contribution in [0.15, 0.2) is 55.1 Å². The van der Waals surface area contributed by atoms with Crippen LogP contribution in [0.3, 0.4) is 0 Å². The van der Waals surface area contributed by atoms with E-state index in [0.717, 1.165) is 6.07 Å². The van der Waals surface area contributed by atoms with Crippen molar-refractivity contribution in [3.05, 3.63) is 89.5 Å². The van der Waals surface area contributed by atoms with Gasteiger partial charge in [0.05, 0.1) is 5.56 Å². The number of ether oxygens (including phenoxy) is 1. The number of allylic oxidation sites excluding steroid dienone is 1. The first kappa shape index (κ1) is 18.0. The number of halogens is 4. The van der Waals surface area contributed by atoms with Gasteiger partial charge in [-0.05, 0) is 60.2 Å². The van der Waals surface area contributed by atoms with Crippen molar-refractivity contribution in [3.63, 3.8) is 0 Å². The molecule has 5 heteroatoms. The summed E-state index contributed by atoms with van der Waals surface area (Å²) in [6, 6.07) is 9.28. The lowest BCUT2D eigenvalue weighted by Gasteiger charge is -2.11. The highest BCUT2D eigenvalue weighted by Crippen LogP contribution is 2.26. The fraction of sp³-hybridized carbons (Fsp3) is 0.143. The smallest absolute Gasteiger partial charge is 0.166 e. The first-order valence-electron chi connectivity index (χ1n) is 8.08. The van der Waals surface area contributed by atoms with Crippen molar-refractivity contribution in [2.75, 3.05) is 0 Å². The van der Waals surface area contributed by atoms with Crippen LogP contribution in [-0.4, -0.2) is 0 Å². The van der Waals surface area contributed by atoms with E-state index in [1.54, 1.807) is 6.08 Å². The van der Waals surface area contributed by atoms with Crippen LogP contribution in [0.4, 0.5) is 17.6 Å². The van der Waals surface area contributed by atoms with E-state index in [2.05, 4.69) is 6.58 Å². The molecule has 0 aliphatic rings. The molecule has 3 aromatic carbocycles. The van der Waals surface area contributed by atoms with Crippen molar-refractivity contribution in [3.8, 4) is 5.75 Å². The Balaban J connectivity index is 1.79. The summed E-state index contributed by atoms with van der Waals surface area (Å²) in [7, 11) is 0. The van der Waals surface area contributed by atoms with Crippen LogP contribution in [-0.2, 0) is 13.0 Å². The molecule has 0 unspecified atom stereocenters. The lowest BCUT2D eigenvalue weighted by molar-refractivity contribution is 0.293. The van der Waals surface area contributed by atoms with Gasteiger partial charge in [0, 0.05) is 5.39 Å². The van der Waals surface area contributed by atoms with Crippen LogP contribution in [0.5, 0.6) is 5.75 Å². The van der Waals surface area contributed by atoms with Gasteiger partial charge in [0.25, 0.3) is 0 Å². The van der Waals surface area contributed by atoms with E-state index in [1.807, 2.05) is 0 Å². The number of rotatable bonds is 6. The van der Waals surface area contributed by atoms with Crippen molar-refractivity contribution < 1.29 is 22.3 Å². The summed E-state index contributed by atoms with van der Waals surface area (Å²) in [5.74, 6) is -2.94. The Morgan fingerprint density at radius 2 is 1.62 bits per heavy atom. The fourth-order valence-corrected chi connectivity index (χ4v) is 2.70. The summed E-state index contributed by atoms with van der Waals surface area (Å²) in [4.78, 5) is 0. The molecule has 3 aromatic rings. The Kier molecular flexibility index (Phi) is 5.26. The molecular weight excluding hydrogens is 344 g/mol. The monoisotopic (exact) mass is 360 g/mol. The molecule has 0 bridgehead atoms. The zero-order chi connectivity index (χ0) is 18.7. The predicted octanol–water partition coefficient (Wildman–Crippen LogP) is 6.09. The molecule has 0 saturated carbocycles. The molecular formula is C21H16F4O. The summed E-state index contributed by atoms with van der Waals surface area (Å²) in [6.07, 6.45) is 2.81. The minimum absolute atomic E-state index is 0.112. The highest BCUT2D eigenvalue weighted by molar-refractivity contribution is 5.84. The molecule has 0 heterocycles. The lowest BCUT2D eigenvalue weighted by atomic mass is 10.1. The van der Waals surface area contributed by atoms with E-state index < -0.39 is 23.3 Å². The van der Waals surface area contributed by atoms with E-state index in [0.29, 0.717) is 29.5 Å². The van der Waals surface area contributed by atoms with Gasteiger partial charge in [0.1, 0.15) is 24.0 Å². The Morgan fingerprint density at radius 3 is 2.31 bits per heavy atom. The second-order valence-electron chi connectivity index (χ2n) is 5.90. The highest BCUT2D eigenvalue weighted by Gasteiger charge is 2.13. The van der Waals surface area contributed by atoms with Crippen LogP contribution in [0.1, 0.15) is 17.5 Å². The standard InChI is InChI=1S/C21H16F4O/c1-2-3-4-13-9-19(23)17(20(24)10-13)12-26-15-6-7-16-14(11-15)5-8-18(22)21(16)25/h2,5-11H,1,3-4,12H2. The van der Waals surface area contributed by atoms with E-state index >= 15 is 0 Å². The van der Waals surface area contributed by atoms with Crippen LogP contribution in [0.25, 0.3) is 10.8 Å². The maximum absolute atomic E-state index is 14.2. The first-order valence-corrected chi connectivity index (χ1v) is 8.08. The summed E-state index contributed by atoms with van der Waals surface area (Å²) in [5, 5.41) is 0.545. The molecule has 0 fully saturated rings. The molecule has 26 heavy (non-hydrogen) atoms. The van der Waals surface area contributed by atoms with Gasteiger partial charge in [0.15, 0.2) is 11.6 Å². The zero-order valence-corrected chi connectivity index (χ0v) is 13.9. The molecule has 1 nitrogen and oxygen atoms in total. The molecule has 0 aromatic heterocycles. The molecule has 134 valence electrons. The average molecular weight is 360 g/mol. The second kappa shape index (κ2) is 7.60. The Labute approximate surface area is 148 Å². The molecule has 3 rings (SSSR count). The van der Waals surface area contributed by atoms with Crippen LogP contribution < -0.4 is 4.74 Å². The number of hydrogen-bond donors (Lipinski definition) is 0. The highest BCUT2D eigenvalue weighted by atomic mass is 19.2. The molecule has 0 N–H and O–H groups in total. The van der Waals surface area contributed by atoms with Crippen molar-refractivity contribution in [2.24, 2.45) is 0 Å². The van der Waals surface area contributed by atoms with Gasteiger partial charge >= 0.3 is 0 Å². The molecule has 0 radical (unpaired) electrons. The molecule has 0 spiro atoms. The van der Waals surface area contributed by atoms with Gasteiger partial charge in [-0.15, -0.1) is 6.58 Å². The van der Waals surface area contributed by atoms with E-state index in [1.165, 1.54) is 36.4 Å². The third-order valence-corrected chi connectivity index (χ3v) is 4.10. The molecule has 0 amide bonds. The van der Waals surface area contributed by atoms with E-state index in [-0.39, 0.29) is 17.6 Å². The SMILES string of the molecule is C=CCCc1cc(F)c(COc2ccc3c(F)c(F)ccc3c2)c(F)c1. The third kappa shape index (κ3) is 3.72. The van der Waals surface area contributed by atoms with E-state index in [9.17, 15) is 17.6 Å². The normalized spacial score (nSPS) is 10.9. The maximum Gasteiger partial charge on any atom is 0.166 e. The van der Waals surface area contributed by atoms with Gasteiger partial charge in [-0.3, -0.25) is 0 Å². The average Bonchev–Trinajstić information content (AvgIpc) is 2.62. The minimum atomic E-state index is -0.943. The topological polar surface area (TPSA) is 9.23 Å². The number of aryl methyl sites for hydroxylation is 1. The van der Waals surface area contributed by atoms with Crippen LogP contribution in [0.2, 0.25) is 0 Å². The molecule has 0 atom stereocenters. The van der Waals surface area contributed by atoms with Crippen molar-refractivity contribution in [2.45, 2.75) is 19.4 Å². The van der Waals surface area contributed by atoms with Crippen molar-refractivity contribution >= 4 is 10.8 Å². The Hall–Kier alpha value is -2.82. The van der Waals surface area contributed by atoms with Gasteiger partial charge in [-0.2, -0.15) is 0 Å². The zero-order valence-electron chi connectivity index (χ0n) is 13.9. The van der Waals surface area contributed by atoms with Crippen molar-refractivity contribution in [1.82, 2.24) is 0 Å². The minimum Gasteiger partial charge on any atom is -0.489 e. The number of benzene rings is 3. The summed E-state index contributed by atoms with van der Waals surface area (Å²) in [6.45, 7) is 3.27. The Bertz CT molecular complexity index is 943. The largest absolute Gasteiger partial charge is 0.489 e. The summed E-state index contributed by atoms with van der Waals surface area (Å²) in [5.41, 5.74) is 0.365. The van der Waals surface area contributed by atoms with Crippen LogP contribution in [0, 0.1) is 23.3 Å². The molecule has 0 aliphatic carbocycles. The fourth-order valence-electron chi connectivity index (χ4n) is 2.70. The number of fused-ring (bicyclic) bond motifs is 1. The van der Waals surface area contributed by atoms with Crippen LogP contribution >= 0.6 is 0 Å². The Morgan fingerprint density at radius 1 is 0.885 bits per heavy atom. The quantitative estimate of drug-likeness (QED) is 0.382. The second-order valence-corrected chi connectivity index (χ2v) is 5.90. The summed E-state index contributed by atoms with van der Waals surface area (Å²) < 4.78 is 60.7. The number of hydrogen-bond acceptors (Lipinski definition) is 1.